The minimum absolute atomic E-state index is 0.177. The van der Waals surface area contributed by atoms with Crippen molar-refractivity contribution >= 4 is 16.9 Å². The topological polar surface area (TPSA) is 56.9 Å². The molecule has 1 aliphatic heterocycles. The minimum atomic E-state index is -0.908. The Morgan fingerprint density at radius 2 is 2.00 bits per heavy atom. The van der Waals surface area contributed by atoms with Crippen LogP contribution in [-0.4, -0.2) is 53.1 Å². The molecule has 1 aromatic carbocycles. The van der Waals surface area contributed by atoms with E-state index >= 15 is 0 Å². The first kappa shape index (κ1) is 14.1. The monoisotopic (exact) mass is 288 g/mol. The molecule has 0 radical (unpaired) electrons. The van der Waals surface area contributed by atoms with Gasteiger partial charge in [-0.05, 0) is 13.0 Å². The number of hydrogen-bond acceptors (Lipinski definition) is 4. The third kappa shape index (κ3) is 2.94. The summed E-state index contributed by atoms with van der Waals surface area (Å²) in [7, 11) is 0. The highest BCUT2D eigenvalue weighted by molar-refractivity contribution is 5.81. The molecule has 1 aliphatic rings. The van der Waals surface area contributed by atoms with Gasteiger partial charge in [-0.15, -0.1) is 0 Å². The normalized spacial score (nSPS) is 18.1. The van der Waals surface area contributed by atoms with E-state index < -0.39 is 6.10 Å². The molecule has 0 spiro atoms. The molecular formula is C16H20N2O3. The number of carbonyl (C=O) groups is 1. The zero-order valence-corrected chi connectivity index (χ0v) is 12.2. The lowest BCUT2D eigenvalue weighted by molar-refractivity contribution is -0.141. The molecule has 0 saturated carbocycles. The van der Waals surface area contributed by atoms with Crippen molar-refractivity contribution in [1.29, 1.82) is 0 Å². The van der Waals surface area contributed by atoms with Gasteiger partial charge in [0.15, 0.2) is 0 Å². The van der Waals surface area contributed by atoms with Gasteiger partial charge >= 0.3 is 0 Å². The van der Waals surface area contributed by atoms with E-state index in [9.17, 15) is 9.90 Å². The van der Waals surface area contributed by atoms with Crippen molar-refractivity contribution in [3.8, 4) is 0 Å². The maximum Gasteiger partial charge on any atom is 0.251 e. The van der Waals surface area contributed by atoms with E-state index in [4.69, 9.17) is 4.42 Å². The second kappa shape index (κ2) is 5.87. The SMILES string of the molecule is CC(O)C(=O)N1CCN(Cc2coc3ccccc23)CC1. The first-order chi connectivity index (χ1) is 10.1. The lowest BCUT2D eigenvalue weighted by atomic mass is 10.1. The van der Waals surface area contributed by atoms with Crippen molar-refractivity contribution in [1.82, 2.24) is 9.80 Å². The number of rotatable bonds is 3. The molecule has 1 aromatic heterocycles. The van der Waals surface area contributed by atoms with Crippen molar-refractivity contribution in [3.63, 3.8) is 0 Å². The summed E-state index contributed by atoms with van der Waals surface area (Å²) in [5.74, 6) is -0.177. The summed E-state index contributed by atoms with van der Waals surface area (Å²) in [4.78, 5) is 15.8. The third-order valence-corrected chi connectivity index (χ3v) is 4.00. The maximum absolute atomic E-state index is 11.7. The molecule has 1 amide bonds. The minimum Gasteiger partial charge on any atom is -0.464 e. The summed E-state index contributed by atoms with van der Waals surface area (Å²) in [6, 6.07) is 8.02. The van der Waals surface area contributed by atoms with E-state index in [-0.39, 0.29) is 5.91 Å². The largest absolute Gasteiger partial charge is 0.464 e. The van der Waals surface area contributed by atoms with Gasteiger partial charge in [-0.2, -0.15) is 0 Å². The predicted octanol–water partition coefficient (Wildman–Crippen LogP) is 1.46. The number of nitrogens with zero attached hydrogens (tertiary/aromatic N) is 2. The molecule has 0 aliphatic carbocycles. The Morgan fingerprint density at radius 3 is 2.71 bits per heavy atom. The van der Waals surface area contributed by atoms with Crippen molar-refractivity contribution in [2.75, 3.05) is 26.2 Å². The van der Waals surface area contributed by atoms with Crippen LogP contribution in [0, 0.1) is 0 Å². The zero-order chi connectivity index (χ0) is 14.8. The molecule has 1 saturated heterocycles. The molecule has 5 nitrogen and oxygen atoms in total. The highest BCUT2D eigenvalue weighted by Gasteiger charge is 2.24. The van der Waals surface area contributed by atoms with Crippen LogP contribution >= 0.6 is 0 Å². The van der Waals surface area contributed by atoms with E-state index in [1.54, 1.807) is 4.90 Å². The summed E-state index contributed by atoms with van der Waals surface area (Å²) in [5, 5.41) is 10.5. The lowest BCUT2D eigenvalue weighted by Gasteiger charge is -2.35. The van der Waals surface area contributed by atoms with Crippen molar-refractivity contribution in [2.45, 2.75) is 19.6 Å². The quantitative estimate of drug-likeness (QED) is 0.929. The average molecular weight is 288 g/mol. The Labute approximate surface area is 123 Å². The highest BCUT2D eigenvalue weighted by atomic mass is 16.3. The van der Waals surface area contributed by atoms with E-state index in [2.05, 4.69) is 11.0 Å². The van der Waals surface area contributed by atoms with E-state index in [1.807, 2.05) is 24.5 Å². The van der Waals surface area contributed by atoms with Crippen LogP contribution < -0.4 is 0 Å². The van der Waals surface area contributed by atoms with Gasteiger partial charge in [-0.3, -0.25) is 9.69 Å². The van der Waals surface area contributed by atoms with Gasteiger partial charge < -0.3 is 14.4 Å². The second-order valence-electron chi connectivity index (χ2n) is 5.53. The summed E-state index contributed by atoms with van der Waals surface area (Å²) < 4.78 is 5.56. The number of para-hydroxylation sites is 1. The van der Waals surface area contributed by atoms with Crippen molar-refractivity contribution < 1.29 is 14.3 Å². The highest BCUT2D eigenvalue weighted by Crippen LogP contribution is 2.22. The Bertz CT molecular complexity index is 627. The third-order valence-electron chi connectivity index (χ3n) is 4.00. The summed E-state index contributed by atoms with van der Waals surface area (Å²) in [5.41, 5.74) is 2.09. The van der Waals surface area contributed by atoms with Crippen LogP contribution in [0.1, 0.15) is 12.5 Å². The Kier molecular flexibility index (Phi) is 3.94. The van der Waals surface area contributed by atoms with Crippen LogP contribution in [0.4, 0.5) is 0 Å². The number of furan rings is 1. The molecule has 112 valence electrons. The van der Waals surface area contributed by atoms with Gasteiger partial charge in [-0.1, -0.05) is 18.2 Å². The smallest absolute Gasteiger partial charge is 0.251 e. The van der Waals surface area contributed by atoms with Crippen LogP contribution in [0.3, 0.4) is 0 Å². The molecule has 1 N–H and O–H groups in total. The molecule has 5 heteroatoms. The van der Waals surface area contributed by atoms with E-state index in [0.29, 0.717) is 13.1 Å². The number of carbonyl (C=O) groups excluding carboxylic acids is 1. The number of amides is 1. The number of piperazine rings is 1. The predicted molar refractivity (Wildman–Crippen MR) is 79.8 cm³/mol. The van der Waals surface area contributed by atoms with Crippen LogP contribution in [0.2, 0.25) is 0 Å². The summed E-state index contributed by atoms with van der Waals surface area (Å²) >= 11 is 0. The van der Waals surface area contributed by atoms with Gasteiger partial charge in [0.05, 0.1) is 6.26 Å². The van der Waals surface area contributed by atoms with Gasteiger partial charge in [0.1, 0.15) is 11.7 Å². The first-order valence-corrected chi connectivity index (χ1v) is 7.29. The second-order valence-corrected chi connectivity index (χ2v) is 5.53. The van der Waals surface area contributed by atoms with Gasteiger partial charge in [-0.25, -0.2) is 0 Å². The van der Waals surface area contributed by atoms with Crippen LogP contribution in [0.5, 0.6) is 0 Å². The average Bonchev–Trinajstić information content (AvgIpc) is 2.91. The van der Waals surface area contributed by atoms with Crippen LogP contribution in [0.15, 0.2) is 34.9 Å². The molecule has 0 bridgehead atoms. The molecule has 2 heterocycles. The molecular weight excluding hydrogens is 268 g/mol. The van der Waals surface area contributed by atoms with Crippen molar-refractivity contribution in [2.24, 2.45) is 0 Å². The number of aliphatic hydroxyl groups is 1. The number of fused-ring (bicyclic) bond motifs is 1. The van der Waals surface area contributed by atoms with Crippen LogP contribution in [0.25, 0.3) is 11.0 Å². The van der Waals surface area contributed by atoms with Gasteiger partial charge in [0.2, 0.25) is 0 Å². The number of hydrogen-bond donors (Lipinski definition) is 1. The Hall–Kier alpha value is -1.85. The van der Waals surface area contributed by atoms with E-state index in [0.717, 1.165) is 30.6 Å². The Balaban J connectivity index is 1.62. The fourth-order valence-electron chi connectivity index (χ4n) is 2.79. The van der Waals surface area contributed by atoms with E-state index in [1.165, 1.54) is 12.5 Å². The standard InChI is InChI=1S/C16H20N2O3/c1-12(19)16(20)18-8-6-17(7-9-18)10-13-11-21-15-5-3-2-4-14(13)15/h2-5,11-12,19H,6-10H2,1H3. The zero-order valence-electron chi connectivity index (χ0n) is 12.2. The fraction of sp³-hybridized carbons (Fsp3) is 0.438. The molecule has 1 fully saturated rings. The first-order valence-electron chi connectivity index (χ1n) is 7.29. The number of benzene rings is 1. The van der Waals surface area contributed by atoms with Gasteiger partial charge in [0, 0.05) is 43.7 Å². The lowest BCUT2D eigenvalue weighted by Crippen LogP contribution is -2.50. The molecule has 1 unspecified atom stereocenters. The van der Waals surface area contributed by atoms with Crippen LogP contribution in [-0.2, 0) is 11.3 Å². The molecule has 3 rings (SSSR count). The fourth-order valence-corrected chi connectivity index (χ4v) is 2.79. The maximum atomic E-state index is 11.7. The number of aliphatic hydroxyl groups excluding tert-OH is 1. The Morgan fingerprint density at radius 1 is 1.29 bits per heavy atom. The van der Waals surface area contributed by atoms with Crippen molar-refractivity contribution in [3.05, 3.63) is 36.1 Å². The molecule has 2 aromatic rings. The molecule has 1 atom stereocenters. The summed E-state index contributed by atoms with van der Waals surface area (Å²) in [6.07, 6.45) is 0.909. The summed E-state index contributed by atoms with van der Waals surface area (Å²) in [6.45, 7) is 5.31. The van der Waals surface area contributed by atoms with Gasteiger partial charge in [0.25, 0.3) is 5.91 Å². The molecule has 21 heavy (non-hydrogen) atoms.